The minimum atomic E-state index is -5.01. The van der Waals surface area contributed by atoms with Gasteiger partial charge >= 0.3 is 12.4 Å². The second kappa shape index (κ2) is 7.82. The molecule has 4 nitrogen and oxygen atoms in total. The molecule has 1 amide bonds. The molecule has 3 aromatic rings. The molecular weight excluding hydrogens is 359 g/mol. The first-order valence-electron chi connectivity index (χ1n) is 7.92. The van der Waals surface area contributed by atoms with Crippen molar-refractivity contribution >= 4 is 11.8 Å². The molecule has 0 aliphatic carbocycles. The molecule has 7 heteroatoms. The molecule has 0 unspecified atom stereocenters. The molecule has 3 rings (SSSR count). The zero-order chi connectivity index (χ0) is 19.3. The summed E-state index contributed by atoms with van der Waals surface area (Å²) in [6, 6.07) is 21.9. The molecule has 0 spiro atoms. The van der Waals surface area contributed by atoms with E-state index in [0.29, 0.717) is 5.56 Å². The largest absolute Gasteiger partial charge is 0.494 e. The molecule has 0 N–H and O–H groups in total. The molecule has 138 valence electrons. The van der Waals surface area contributed by atoms with E-state index < -0.39 is 17.3 Å². The summed E-state index contributed by atoms with van der Waals surface area (Å²) in [6.07, 6.45) is -6.71. The van der Waals surface area contributed by atoms with E-state index in [1.165, 1.54) is 30.3 Å². The molecule has 0 fully saturated rings. The predicted octanol–water partition coefficient (Wildman–Crippen LogP) is 5.81. The van der Waals surface area contributed by atoms with Crippen molar-refractivity contribution < 1.29 is 27.7 Å². The van der Waals surface area contributed by atoms with E-state index in [0.717, 1.165) is 0 Å². The van der Waals surface area contributed by atoms with Crippen LogP contribution in [-0.2, 0) is 4.89 Å². The van der Waals surface area contributed by atoms with E-state index in [9.17, 15) is 18.0 Å². The van der Waals surface area contributed by atoms with Gasteiger partial charge in [-0.3, -0.25) is 4.89 Å². The highest BCUT2D eigenvalue weighted by molar-refractivity contribution is 5.94. The van der Waals surface area contributed by atoms with Gasteiger partial charge in [-0.05, 0) is 23.8 Å². The van der Waals surface area contributed by atoms with E-state index in [-0.39, 0.29) is 17.0 Å². The van der Waals surface area contributed by atoms with Gasteiger partial charge in [-0.1, -0.05) is 66.7 Å². The SMILES string of the molecule is O=C(OOc1ccccc1)N(c1ccccc1-c1ccccc1)C(F)(F)F. The van der Waals surface area contributed by atoms with Gasteiger partial charge in [-0.2, -0.15) is 4.90 Å². The predicted molar refractivity (Wildman–Crippen MR) is 94.0 cm³/mol. The molecule has 0 aliphatic heterocycles. The average Bonchev–Trinajstić information content (AvgIpc) is 2.67. The summed E-state index contributed by atoms with van der Waals surface area (Å²) in [6.45, 7) is 0. The van der Waals surface area contributed by atoms with Gasteiger partial charge in [0, 0.05) is 5.56 Å². The zero-order valence-corrected chi connectivity index (χ0v) is 13.9. The Balaban J connectivity index is 1.93. The number of alkyl halides is 3. The summed E-state index contributed by atoms with van der Waals surface area (Å²) >= 11 is 0. The minimum absolute atomic E-state index is 0.101. The van der Waals surface area contributed by atoms with Crippen LogP contribution in [0.1, 0.15) is 0 Å². The number of hydrogen-bond acceptors (Lipinski definition) is 3. The van der Waals surface area contributed by atoms with Gasteiger partial charge in [0.25, 0.3) is 0 Å². The minimum Gasteiger partial charge on any atom is -0.285 e. The zero-order valence-electron chi connectivity index (χ0n) is 13.9. The van der Waals surface area contributed by atoms with Crippen LogP contribution in [0.25, 0.3) is 11.1 Å². The second-order valence-corrected chi connectivity index (χ2v) is 5.43. The fourth-order valence-electron chi connectivity index (χ4n) is 2.47. The molecule has 0 heterocycles. The van der Waals surface area contributed by atoms with E-state index in [1.54, 1.807) is 54.6 Å². The first kappa shape index (κ1) is 18.3. The molecule has 0 bridgehead atoms. The van der Waals surface area contributed by atoms with E-state index in [2.05, 4.69) is 4.89 Å². The van der Waals surface area contributed by atoms with Crippen LogP contribution in [-0.4, -0.2) is 12.4 Å². The topological polar surface area (TPSA) is 38.8 Å². The normalized spacial score (nSPS) is 10.9. The molecule has 0 aromatic heterocycles. The third-order valence-corrected chi connectivity index (χ3v) is 3.62. The summed E-state index contributed by atoms with van der Waals surface area (Å²) in [7, 11) is 0. The highest BCUT2D eigenvalue weighted by atomic mass is 19.4. The maximum atomic E-state index is 13.6. The van der Waals surface area contributed by atoms with Crippen LogP contribution in [0.5, 0.6) is 5.75 Å². The lowest BCUT2D eigenvalue weighted by Crippen LogP contribution is -2.44. The number of benzene rings is 3. The van der Waals surface area contributed by atoms with Crippen molar-refractivity contribution in [3.8, 4) is 16.9 Å². The van der Waals surface area contributed by atoms with E-state index in [1.807, 2.05) is 0 Å². The van der Waals surface area contributed by atoms with Crippen molar-refractivity contribution in [3.63, 3.8) is 0 Å². The number of para-hydroxylation sites is 2. The van der Waals surface area contributed by atoms with Gasteiger partial charge < -0.3 is 0 Å². The van der Waals surface area contributed by atoms with Gasteiger partial charge in [0.2, 0.25) is 0 Å². The highest BCUT2D eigenvalue weighted by Crippen LogP contribution is 2.37. The molecule has 0 saturated carbocycles. The van der Waals surface area contributed by atoms with Crippen LogP contribution < -0.4 is 9.79 Å². The number of carbonyl (C=O) groups is 1. The number of hydrogen-bond donors (Lipinski definition) is 0. The van der Waals surface area contributed by atoms with Crippen molar-refractivity contribution in [1.82, 2.24) is 0 Å². The fourth-order valence-corrected chi connectivity index (χ4v) is 2.47. The van der Waals surface area contributed by atoms with Crippen LogP contribution in [0.4, 0.5) is 23.7 Å². The van der Waals surface area contributed by atoms with Crippen molar-refractivity contribution in [1.29, 1.82) is 0 Å². The van der Waals surface area contributed by atoms with Crippen LogP contribution in [0.15, 0.2) is 84.9 Å². The molecular formula is C20H14F3NO3. The summed E-state index contributed by atoms with van der Waals surface area (Å²) in [5.74, 6) is 0.101. The number of rotatable bonds is 4. The molecule has 0 radical (unpaired) electrons. The van der Waals surface area contributed by atoms with Crippen molar-refractivity contribution in [3.05, 3.63) is 84.9 Å². The Labute approximate surface area is 153 Å². The maximum absolute atomic E-state index is 13.6. The van der Waals surface area contributed by atoms with Crippen molar-refractivity contribution in [2.24, 2.45) is 0 Å². The monoisotopic (exact) mass is 373 g/mol. The summed E-state index contributed by atoms with van der Waals surface area (Å²) in [5, 5.41) is 0. The first-order valence-corrected chi connectivity index (χ1v) is 7.92. The summed E-state index contributed by atoms with van der Waals surface area (Å²) in [5.41, 5.74) is 0.393. The molecule has 3 aromatic carbocycles. The number of carbonyl (C=O) groups excluding carboxylic acids is 1. The van der Waals surface area contributed by atoms with Crippen LogP contribution in [0.2, 0.25) is 0 Å². The second-order valence-electron chi connectivity index (χ2n) is 5.43. The smallest absolute Gasteiger partial charge is 0.285 e. The molecule has 0 saturated heterocycles. The Morgan fingerprint density at radius 2 is 1.33 bits per heavy atom. The Kier molecular flexibility index (Phi) is 5.30. The van der Waals surface area contributed by atoms with Gasteiger partial charge in [-0.15, -0.1) is 13.2 Å². The fraction of sp³-hybridized carbons (Fsp3) is 0.0500. The maximum Gasteiger partial charge on any atom is 0.494 e. The molecule has 0 atom stereocenters. The summed E-state index contributed by atoms with van der Waals surface area (Å²) < 4.78 is 40.9. The van der Waals surface area contributed by atoms with Gasteiger partial charge in [0.05, 0.1) is 5.69 Å². The third-order valence-electron chi connectivity index (χ3n) is 3.62. The van der Waals surface area contributed by atoms with Crippen molar-refractivity contribution in [2.45, 2.75) is 6.30 Å². The standard InChI is InChI=1S/C20H14F3NO3/c21-20(22,23)24(19(25)27-26-16-11-5-2-6-12-16)18-14-8-7-13-17(18)15-9-3-1-4-10-15/h1-14H. The van der Waals surface area contributed by atoms with E-state index >= 15 is 0 Å². The Morgan fingerprint density at radius 1 is 0.778 bits per heavy atom. The van der Waals surface area contributed by atoms with Gasteiger partial charge in [0.1, 0.15) is 0 Å². The lowest BCUT2D eigenvalue weighted by atomic mass is 10.0. The van der Waals surface area contributed by atoms with Gasteiger partial charge in [0.15, 0.2) is 5.75 Å². The third kappa shape index (κ3) is 4.38. The number of nitrogens with zero attached hydrogens (tertiary/aromatic N) is 1. The Hall–Kier alpha value is -3.48. The van der Waals surface area contributed by atoms with Crippen LogP contribution in [0.3, 0.4) is 0 Å². The van der Waals surface area contributed by atoms with Gasteiger partial charge in [-0.25, -0.2) is 9.68 Å². The average molecular weight is 373 g/mol. The molecule has 0 aliphatic rings. The first-order chi connectivity index (χ1) is 13.0. The molecule has 27 heavy (non-hydrogen) atoms. The van der Waals surface area contributed by atoms with E-state index in [4.69, 9.17) is 4.89 Å². The number of anilines is 1. The van der Waals surface area contributed by atoms with Crippen molar-refractivity contribution in [2.75, 3.05) is 4.90 Å². The van der Waals surface area contributed by atoms with Crippen LogP contribution in [0, 0.1) is 0 Å². The lowest BCUT2D eigenvalue weighted by Gasteiger charge is -2.25. The van der Waals surface area contributed by atoms with Crippen LogP contribution >= 0.6 is 0 Å². The number of halogens is 3. The summed E-state index contributed by atoms with van der Waals surface area (Å²) in [4.78, 5) is 21.0. The highest BCUT2D eigenvalue weighted by Gasteiger charge is 2.45. The number of amides is 1. The lowest BCUT2D eigenvalue weighted by molar-refractivity contribution is -0.165. The quantitative estimate of drug-likeness (QED) is 0.329. The Morgan fingerprint density at radius 3 is 1.96 bits per heavy atom. The Bertz CT molecular complexity index is 899.